The zero-order chi connectivity index (χ0) is 17.9. The number of rotatable bonds is 4. The first-order valence-corrected chi connectivity index (χ1v) is 8.14. The molecule has 0 bridgehead atoms. The Morgan fingerprint density at radius 1 is 1.00 bits per heavy atom. The lowest BCUT2D eigenvalue weighted by atomic mass is 9.90. The van der Waals surface area contributed by atoms with Crippen molar-refractivity contribution in [3.8, 4) is 0 Å². The normalized spacial score (nSPS) is 11.0. The monoisotopic (exact) mass is 392 g/mol. The Kier molecular flexibility index (Phi) is 5.39. The van der Waals surface area contributed by atoms with Gasteiger partial charge < -0.3 is 10.6 Å². The molecule has 0 aromatic heterocycles. The van der Waals surface area contributed by atoms with Crippen molar-refractivity contribution >= 4 is 39.1 Å². The number of hydrogen-bond donors (Lipinski definition) is 2. The molecule has 2 aromatic rings. The molecule has 0 aliphatic rings. The summed E-state index contributed by atoms with van der Waals surface area (Å²) in [6, 6.07) is 10.9. The van der Waals surface area contributed by atoms with Crippen molar-refractivity contribution in [1.29, 1.82) is 0 Å². The number of hydrogen-bond acceptors (Lipinski definition) is 2. The molecule has 6 heteroatoms. The second-order valence-electron chi connectivity index (χ2n) is 6.01. The van der Waals surface area contributed by atoms with Gasteiger partial charge in [0.15, 0.2) is 0 Å². The standard InChI is InChI=1S/C18H18BrFN2O2/c1-11-7-8-14(10-15(11)19)22-17(24)18(2,3)16(23)21-13-6-4-5-12(20)9-13/h4-10H,1-3H3,(H,21,23)(H,22,24). The van der Waals surface area contributed by atoms with Crippen LogP contribution in [0.5, 0.6) is 0 Å². The van der Waals surface area contributed by atoms with Gasteiger partial charge in [-0.25, -0.2) is 4.39 Å². The number of aryl methyl sites for hydroxylation is 1. The summed E-state index contributed by atoms with van der Waals surface area (Å²) < 4.78 is 14.1. The number of amides is 2. The van der Waals surface area contributed by atoms with Crippen LogP contribution in [0.3, 0.4) is 0 Å². The Bertz CT molecular complexity index is 790. The number of nitrogens with one attached hydrogen (secondary N) is 2. The van der Waals surface area contributed by atoms with Gasteiger partial charge in [-0.05, 0) is 56.7 Å². The first-order chi connectivity index (χ1) is 11.2. The molecule has 0 atom stereocenters. The number of carbonyl (C=O) groups is 2. The first-order valence-electron chi connectivity index (χ1n) is 7.35. The van der Waals surface area contributed by atoms with E-state index in [1.165, 1.54) is 32.0 Å². The van der Waals surface area contributed by atoms with E-state index in [1.807, 2.05) is 13.0 Å². The maximum absolute atomic E-state index is 13.2. The molecule has 0 saturated heterocycles. The predicted molar refractivity (Wildman–Crippen MR) is 96.3 cm³/mol. The van der Waals surface area contributed by atoms with Crippen molar-refractivity contribution in [1.82, 2.24) is 0 Å². The number of carbonyl (C=O) groups excluding carboxylic acids is 2. The second-order valence-corrected chi connectivity index (χ2v) is 6.86. The van der Waals surface area contributed by atoms with E-state index < -0.39 is 23.0 Å². The third-order valence-electron chi connectivity index (χ3n) is 3.65. The highest BCUT2D eigenvalue weighted by atomic mass is 79.9. The van der Waals surface area contributed by atoms with Crippen molar-refractivity contribution < 1.29 is 14.0 Å². The number of anilines is 2. The fourth-order valence-corrected chi connectivity index (χ4v) is 2.29. The average molecular weight is 393 g/mol. The van der Waals surface area contributed by atoms with Crippen LogP contribution in [0, 0.1) is 18.2 Å². The van der Waals surface area contributed by atoms with Gasteiger partial charge in [0.05, 0.1) is 0 Å². The smallest absolute Gasteiger partial charge is 0.239 e. The minimum absolute atomic E-state index is 0.305. The van der Waals surface area contributed by atoms with Gasteiger partial charge in [0, 0.05) is 15.8 Å². The lowest BCUT2D eigenvalue weighted by molar-refractivity contribution is -0.135. The van der Waals surface area contributed by atoms with Crippen LogP contribution in [-0.4, -0.2) is 11.8 Å². The van der Waals surface area contributed by atoms with Crippen LogP contribution < -0.4 is 10.6 Å². The third kappa shape index (κ3) is 4.20. The minimum Gasteiger partial charge on any atom is -0.325 e. The highest BCUT2D eigenvalue weighted by molar-refractivity contribution is 9.10. The summed E-state index contributed by atoms with van der Waals surface area (Å²) in [6.07, 6.45) is 0. The number of benzene rings is 2. The van der Waals surface area contributed by atoms with E-state index in [0.29, 0.717) is 11.4 Å². The van der Waals surface area contributed by atoms with Crippen LogP contribution in [0.25, 0.3) is 0 Å². The van der Waals surface area contributed by atoms with E-state index in [4.69, 9.17) is 0 Å². The van der Waals surface area contributed by atoms with Crippen LogP contribution in [0.4, 0.5) is 15.8 Å². The zero-order valence-corrected chi connectivity index (χ0v) is 15.2. The minimum atomic E-state index is -1.33. The van der Waals surface area contributed by atoms with Crippen LogP contribution in [-0.2, 0) is 9.59 Å². The third-order valence-corrected chi connectivity index (χ3v) is 4.50. The molecule has 2 aromatic carbocycles. The van der Waals surface area contributed by atoms with Crippen molar-refractivity contribution in [2.75, 3.05) is 10.6 Å². The Labute approximate surface area is 148 Å². The average Bonchev–Trinajstić information content (AvgIpc) is 2.50. The Hall–Kier alpha value is -2.21. The molecule has 0 fully saturated rings. The van der Waals surface area contributed by atoms with E-state index in [9.17, 15) is 14.0 Å². The van der Waals surface area contributed by atoms with Crippen LogP contribution in [0.15, 0.2) is 46.9 Å². The summed E-state index contributed by atoms with van der Waals surface area (Å²) in [6.45, 7) is 4.96. The maximum atomic E-state index is 13.2. The van der Waals surface area contributed by atoms with Gasteiger partial charge in [0.25, 0.3) is 0 Å². The summed E-state index contributed by atoms with van der Waals surface area (Å²) in [5.74, 6) is -1.43. The quantitative estimate of drug-likeness (QED) is 0.752. The SMILES string of the molecule is Cc1ccc(NC(=O)C(C)(C)C(=O)Nc2cccc(F)c2)cc1Br. The molecule has 0 saturated carbocycles. The molecule has 126 valence electrons. The van der Waals surface area contributed by atoms with Gasteiger partial charge in [-0.2, -0.15) is 0 Å². The van der Waals surface area contributed by atoms with Crippen molar-refractivity contribution in [3.05, 3.63) is 58.3 Å². The van der Waals surface area contributed by atoms with E-state index >= 15 is 0 Å². The molecule has 2 rings (SSSR count). The fraction of sp³-hybridized carbons (Fsp3) is 0.222. The van der Waals surface area contributed by atoms with Crippen molar-refractivity contribution in [2.45, 2.75) is 20.8 Å². The molecule has 2 N–H and O–H groups in total. The lowest BCUT2D eigenvalue weighted by Crippen LogP contribution is -2.41. The predicted octanol–water partition coefficient (Wildman–Crippen LogP) is 4.50. The molecule has 0 aliphatic heterocycles. The molecule has 0 heterocycles. The molecular formula is C18H18BrFN2O2. The summed E-state index contributed by atoms with van der Waals surface area (Å²) in [7, 11) is 0. The van der Waals surface area contributed by atoms with Crippen LogP contribution in [0.2, 0.25) is 0 Å². The van der Waals surface area contributed by atoms with Gasteiger partial charge in [-0.3, -0.25) is 9.59 Å². The molecule has 24 heavy (non-hydrogen) atoms. The van der Waals surface area contributed by atoms with Gasteiger partial charge in [0.1, 0.15) is 11.2 Å². The molecular weight excluding hydrogens is 375 g/mol. The van der Waals surface area contributed by atoms with Gasteiger partial charge in [-0.1, -0.05) is 28.1 Å². The van der Waals surface area contributed by atoms with E-state index in [2.05, 4.69) is 26.6 Å². The number of halogens is 2. The highest BCUT2D eigenvalue weighted by Gasteiger charge is 2.36. The molecule has 2 amide bonds. The molecule has 0 aliphatic carbocycles. The van der Waals surface area contributed by atoms with Crippen LogP contribution >= 0.6 is 15.9 Å². The summed E-state index contributed by atoms with van der Waals surface area (Å²) in [5, 5.41) is 5.29. The largest absolute Gasteiger partial charge is 0.325 e. The second kappa shape index (κ2) is 7.13. The van der Waals surface area contributed by atoms with Gasteiger partial charge in [-0.15, -0.1) is 0 Å². The van der Waals surface area contributed by atoms with E-state index in [1.54, 1.807) is 18.2 Å². The summed E-state index contributed by atoms with van der Waals surface area (Å²) in [4.78, 5) is 24.9. The van der Waals surface area contributed by atoms with E-state index in [-0.39, 0.29) is 0 Å². The molecule has 4 nitrogen and oxygen atoms in total. The lowest BCUT2D eigenvalue weighted by Gasteiger charge is -2.23. The van der Waals surface area contributed by atoms with E-state index in [0.717, 1.165) is 10.0 Å². The Morgan fingerprint density at radius 3 is 2.12 bits per heavy atom. The molecule has 0 spiro atoms. The Morgan fingerprint density at radius 2 is 1.58 bits per heavy atom. The first kappa shape index (κ1) is 18.1. The molecule has 0 unspecified atom stereocenters. The van der Waals surface area contributed by atoms with Gasteiger partial charge >= 0.3 is 0 Å². The van der Waals surface area contributed by atoms with Crippen molar-refractivity contribution in [2.24, 2.45) is 5.41 Å². The maximum Gasteiger partial charge on any atom is 0.239 e. The van der Waals surface area contributed by atoms with Crippen molar-refractivity contribution in [3.63, 3.8) is 0 Å². The fourth-order valence-electron chi connectivity index (χ4n) is 1.91. The highest BCUT2D eigenvalue weighted by Crippen LogP contribution is 2.24. The zero-order valence-electron chi connectivity index (χ0n) is 13.6. The Balaban J connectivity index is 2.11. The summed E-state index contributed by atoms with van der Waals surface area (Å²) in [5.41, 5.74) is 0.600. The molecule has 0 radical (unpaired) electrons. The topological polar surface area (TPSA) is 58.2 Å². The summed E-state index contributed by atoms with van der Waals surface area (Å²) >= 11 is 3.40. The van der Waals surface area contributed by atoms with Gasteiger partial charge in [0.2, 0.25) is 11.8 Å². The van der Waals surface area contributed by atoms with Crippen LogP contribution in [0.1, 0.15) is 19.4 Å².